The molecule has 8 heteroatoms. The second-order valence-corrected chi connectivity index (χ2v) is 5.90. The third kappa shape index (κ3) is 3.26. The van der Waals surface area contributed by atoms with Gasteiger partial charge >= 0.3 is 5.97 Å². The van der Waals surface area contributed by atoms with Crippen LogP contribution in [0.1, 0.15) is 22.4 Å². The predicted octanol–water partition coefficient (Wildman–Crippen LogP) is 1.69. The summed E-state index contributed by atoms with van der Waals surface area (Å²) in [5.41, 5.74) is -0.0289. The fraction of sp³-hybridized carbons (Fsp3) is 0.267. The molecule has 0 aliphatic carbocycles. The molecule has 0 spiro atoms. The van der Waals surface area contributed by atoms with E-state index < -0.39 is 18.2 Å². The van der Waals surface area contributed by atoms with E-state index in [1.165, 1.54) is 16.7 Å². The van der Waals surface area contributed by atoms with Crippen molar-refractivity contribution in [2.45, 2.75) is 25.7 Å². The highest BCUT2D eigenvalue weighted by molar-refractivity contribution is 7.09. The lowest BCUT2D eigenvalue weighted by molar-refractivity contribution is -0.133. The smallest absolute Gasteiger partial charge is 0.355 e. The molecule has 0 bridgehead atoms. The molecule has 1 amide bonds. The third-order valence-electron chi connectivity index (χ3n) is 3.29. The number of hydrogen-bond donors (Lipinski definition) is 2. The number of ether oxygens (including phenoxy) is 2. The van der Waals surface area contributed by atoms with Crippen LogP contribution in [0.4, 0.5) is 0 Å². The number of hydrogen-bond acceptors (Lipinski definition) is 6. The number of aromatic nitrogens is 1. The van der Waals surface area contributed by atoms with Crippen LogP contribution in [0.15, 0.2) is 29.6 Å². The zero-order valence-corrected chi connectivity index (χ0v) is 13.0. The lowest BCUT2D eigenvalue weighted by Gasteiger charge is -2.30. The van der Waals surface area contributed by atoms with Crippen LogP contribution in [-0.2, 0) is 11.3 Å². The minimum Gasteiger partial charge on any atom is -0.482 e. The molecule has 23 heavy (non-hydrogen) atoms. The number of amides is 1. The van der Waals surface area contributed by atoms with Gasteiger partial charge in [0.05, 0.1) is 6.54 Å². The molecule has 120 valence electrons. The topological polar surface area (TPSA) is 97.8 Å². The average Bonchev–Trinajstić information content (AvgIpc) is 3.01. The minimum absolute atomic E-state index is 0.0289. The molecule has 1 aromatic heterocycles. The van der Waals surface area contributed by atoms with E-state index in [-0.39, 0.29) is 18.1 Å². The van der Waals surface area contributed by atoms with Crippen LogP contribution < -0.4 is 14.8 Å². The molecule has 2 aromatic rings. The first-order valence-electron chi connectivity index (χ1n) is 6.92. The Morgan fingerprint density at radius 3 is 2.65 bits per heavy atom. The summed E-state index contributed by atoms with van der Waals surface area (Å²) >= 11 is 1.18. The Labute approximate surface area is 135 Å². The van der Waals surface area contributed by atoms with Crippen LogP contribution in [0.3, 0.4) is 0 Å². The summed E-state index contributed by atoms with van der Waals surface area (Å²) in [7, 11) is 0. The third-order valence-corrected chi connectivity index (χ3v) is 4.13. The maximum Gasteiger partial charge on any atom is 0.355 e. The van der Waals surface area contributed by atoms with Crippen LogP contribution in [0.25, 0.3) is 0 Å². The summed E-state index contributed by atoms with van der Waals surface area (Å²) in [4.78, 5) is 27.0. The normalized spacial score (nSPS) is 19.2. The van der Waals surface area contributed by atoms with Crippen molar-refractivity contribution >= 4 is 23.2 Å². The van der Waals surface area contributed by atoms with Crippen molar-refractivity contribution in [2.24, 2.45) is 0 Å². The number of nitrogens with one attached hydrogen (secondary N) is 1. The van der Waals surface area contributed by atoms with E-state index in [0.717, 1.165) is 0 Å². The van der Waals surface area contributed by atoms with Gasteiger partial charge in [-0.3, -0.25) is 4.79 Å². The molecule has 0 radical (unpaired) electrons. The molecular weight excluding hydrogens is 320 g/mol. The van der Waals surface area contributed by atoms with Gasteiger partial charge in [-0.2, -0.15) is 0 Å². The van der Waals surface area contributed by atoms with Crippen molar-refractivity contribution in [2.75, 3.05) is 0 Å². The Morgan fingerprint density at radius 2 is 2.00 bits per heavy atom. The van der Waals surface area contributed by atoms with Gasteiger partial charge in [0.15, 0.2) is 17.2 Å². The zero-order valence-electron chi connectivity index (χ0n) is 12.2. The van der Waals surface area contributed by atoms with Crippen LogP contribution in [-0.4, -0.2) is 34.2 Å². The number of aromatic carboxylic acids is 1. The Kier molecular flexibility index (Phi) is 4.16. The monoisotopic (exact) mass is 334 g/mol. The van der Waals surface area contributed by atoms with Gasteiger partial charge in [-0.25, -0.2) is 9.78 Å². The van der Waals surface area contributed by atoms with Crippen molar-refractivity contribution in [3.8, 4) is 11.5 Å². The Hall–Kier alpha value is -2.61. The number of carbonyl (C=O) groups excluding carboxylic acids is 1. The second-order valence-electron chi connectivity index (χ2n) is 4.96. The predicted molar refractivity (Wildman–Crippen MR) is 81.9 cm³/mol. The fourth-order valence-corrected chi connectivity index (χ4v) is 2.87. The van der Waals surface area contributed by atoms with Gasteiger partial charge in [0, 0.05) is 5.38 Å². The summed E-state index contributed by atoms with van der Waals surface area (Å²) in [5, 5.41) is 13.5. The largest absolute Gasteiger partial charge is 0.482 e. The number of thiazole rings is 1. The van der Waals surface area contributed by atoms with Gasteiger partial charge in [0.1, 0.15) is 11.1 Å². The van der Waals surface area contributed by atoms with E-state index in [0.29, 0.717) is 16.5 Å². The molecule has 3 rings (SSSR count). The Bertz CT molecular complexity index is 745. The molecule has 0 unspecified atom stereocenters. The van der Waals surface area contributed by atoms with E-state index >= 15 is 0 Å². The Balaban J connectivity index is 1.63. The first-order chi connectivity index (χ1) is 11.0. The number of carboxylic acid groups (broad SMARTS) is 1. The molecule has 0 fully saturated rings. The number of fused-ring (bicyclic) bond motifs is 1. The summed E-state index contributed by atoms with van der Waals surface area (Å²) in [5.74, 6) is -0.296. The highest BCUT2D eigenvalue weighted by atomic mass is 32.1. The van der Waals surface area contributed by atoms with Gasteiger partial charge < -0.3 is 19.9 Å². The Morgan fingerprint density at radius 1 is 1.30 bits per heavy atom. The number of para-hydroxylation sites is 2. The van der Waals surface area contributed by atoms with Crippen molar-refractivity contribution in [1.82, 2.24) is 10.3 Å². The van der Waals surface area contributed by atoms with E-state index in [1.807, 2.05) is 6.07 Å². The highest BCUT2D eigenvalue weighted by Crippen LogP contribution is 2.33. The molecule has 2 N–H and O–H groups in total. The minimum atomic E-state index is -1.09. The first kappa shape index (κ1) is 15.3. The zero-order chi connectivity index (χ0) is 16.4. The maximum atomic E-state index is 12.3. The summed E-state index contributed by atoms with van der Waals surface area (Å²) in [6.45, 7) is 1.90. The highest BCUT2D eigenvalue weighted by Gasteiger charge is 2.33. The van der Waals surface area contributed by atoms with Crippen LogP contribution in [0.2, 0.25) is 0 Å². The van der Waals surface area contributed by atoms with Crippen molar-refractivity contribution in [3.05, 3.63) is 40.3 Å². The van der Waals surface area contributed by atoms with E-state index in [4.69, 9.17) is 14.6 Å². The van der Waals surface area contributed by atoms with Crippen molar-refractivity contribution in [3.63, 3.8) is 0 Å². The van der Waals surface area contributed by atoms with E-state index in [2.05, 4.69) is 10.3 Å². The molecule has 2 atom stereocenters. The SMILES string of the molecule is C[C@H]1Oc2ccccc2O[C@@H]1C(=O)NCc1nc(C(=O)O)cs1. The summed E-state index contributed by atoms with van der Waals surface area (Å²) in [6.07, 6.45) is -1.21. The van der Waals surface area contributed by atoms with Crippen LogP contribution in [0, 0.1) is 0 Å². The summed E-state index contributed by atoms with van der Waals surface area (Å²) in [6, 6.07) is 7.15. The van der Waals surface area contributed by atoms with Gasteiger partial charge in [-0.05, 0) is 19.1 Å². The quantitative estimate of drug-likeness (QED) is 0.883. The van der Waals surface area contributed by atoms with E-state index in [9.17, 15) is 9.59 Å². The average molecular weight is 334 g/mol. The lowest BCUT2D eigenvalue weighted by Crippen LogP contribution is -2.48. The van der Waals surface area contributed by atoms with Crippen molar-refractivity contribution in [1.29, 1.82) is 0 Å². The first-order valence-corrected chi connectivity index (χ1v) is 7.80. The molecule has 0 saturated heterocycles. The van der Waals surface area contributed by atoms with Crippen molar-refractivity contribution < 1.29 is 24.2 Å². The standard InChI is InChI=1S/C15H14N2O5S/c1-8-13(22-11-5-3-2-4-10(11)21-8)14(18)16-6-12-17-9(7-23-12)15(19)20/h2-5,7-8,13H,6H2,1H3,(H,16,18)(H,19,20)/t8-,13+/m1/s1. The van der Waals surface area contributed by atoms with E-state index in [1.54, 1.807) is 25.1 Å². The van der Waals surface area contributed by atoms with Gasteiger partial charge in [-0.1, -0.05) is 12.1 Å². The molecular formula is C15H14N2O5S. The molecule has 2 heterocycles. The van der Waals surface area contributed by atoms with Gasteiger partial charge in [-0.15, -0.1) is 11.3 Å². The molecule has 0 saturated carbocycles. The number of rotatable bonds is 4. The molecule has 7 nitrogen and oxygen atoms in total. The number of nitrogens with zero attached hydrogens (tertiary/aromatic N) is 1. The molecule has 1 aliphatic rings. The van der Waals surface area contributed by atoms with Gasteiger partial charge in [0.2, 0.25) is 6.10 Å². The number of carbonyl (C=O) groups is 2. The number of carboxylic acids is 1. The fourth-order valence-electron chi connectivity index (χ4n) is 2.16. The molecule has 1 aliphatic heterocycles. The van der Waals surface area contributed by atoms with Crippen LogP contribution >= 0.6 is 11.3 Å². The summed E-state index contributed by atoms with van der Waals surface area (Å²) < 4.78 is 11.4. The van der Waals surface area contributed by atoms with Gasteiger partial charge in [0.25, 0.3) is 5.91 Å². The lowest BCUT2D eigenvalue weighted by atomic mass is 10.1. The molecule has 1 aromatic carbocycles. The maximum absolute atomic E-state index is 12.3. The second kappa shape index (κ2) is 6.25. The number of benzene rings is 1. The van der Waals surface area contributed by atoms with Crippen LogP contribution in [0.5, 0.6) is 11.5 Å².